The molecular weight excluding hydrogens is 346 g/mol. The minimum atomic E-state index is 0.213. The van der Waals surface area contributed by atoms with E-state index in [1.165, 1.54) is 16.9 Å². The smallest absolute Gasteiger partial charge is 0.227 e. The van der Waals surface area contributed by atoms with Gasteiger partial charge in [-0.1, -0.05) is 38.1 Å². The molecule has 0 spiro atoms. The first-order chi connectivity index (χ1) is 13.6. The highest BCUT2D eigenvalue weighted by Gasteiger charge is 2.36. The average Bonchev–Trinajstić information content (AvgIpc) is 3.18. The number of aromatic nitrogens is 1. The van der Waals surface area contributed by atoms with Crippen LogP contribution in [0.1, 0.15) is 26.3 Å². The summed E-state index contributed by atoms with van der Waals surface area (Å²) in [5.41, 5.74) is 6.49. The predicted octanol–water partition coefficient (Wildman–Crippen LogP) is 6.25. The zero-order chi connectivity index (χ0) is 19.4. The Morgan fingerprint density at radius 3 is 2.57 bits per heavy atom. The Morgan fingerprint density at radius 2 is 1.79 bits per heavy atom. The first kappa shape index (κ1) is 17.1. The van der Waals surface area contributed by atoms with Crippen molar-refractivity contribution in [2.24, 2.45) is 5.92 Å². The normalized spacial score (nSPS) is 16.5. The number of benzene rings is 2. The van der Waals surface area contributed by atoms with Crippen LogP contribution in [-0.2, 0) is 0 Å². The second-order valence-corrected chi connectivity index (χ2v) is 8.10. The monoisotopic (exact) mass is 371 g/mol. The molecule has 0 bridgehead atoms. The third kappa shape index (κ3) is 2.40. The fourth-order valence-electron chi connectivity index (χ4n) is 4.46. The number of anilines is 3. The fraction of sp³-hybridized carbons (Fsp3) is 0.292. The van der Waals surface area contributed by atoms with Crippen molar-refractivity contribution in [2.75, 3.05) is 16.3 Å². The zero-order valence-corrected chi connectivity index (χ0v) is 16.8. The Morgan fingerprint density at radius 1 is 1.00 bits per heavy atom. The van der Waals surface area contributed by atoms with E-state index in [0.717, 1.165) is 28.6 Å². The molecule has 0 amide bonds. The second kappa shape index (κ2) is 6.26. The van der Waals surface area contributed by atoms with Gasteiger partial charge < -0.3 is 14.2 Å². The van der Waals surface area contributed by atoms with Gasteiger partial charge in [-0.05, 0) is 49.6 Å². The third-order valence-corrected chi connectivity index (χ3v) is 5.67. The Hall–Kier alpha value is -3.01. The fourth-order valence-corrected chi connectivity index (χ4v) is 4.46. The van der Waals surface area contributed by atoms with Crippen LogP contribution in [0.25, 0.3) is 22.1 Å². The van der Waals surface area contributed by atoms with E-state index < -0.39 is 0 Å². The van der Waals surface area contributed by atoms with Gasteiger partial charge in [0, 0.05) is 23.5 Å². The van der Waals surface area contributed by atoms with Crippen LogP contribution in [0.4, 0.5) is 17.1 Å². The third-order valence-electron chi connectivity index (χ3n) is 5.67. The molecule has 0 unspecified atom stereocenters. The van der Waals surface area contributed by atoms with E-state index in [0.29, 0.717) is 11.6 Å². The lowest BCUT2D eigenvalue weighted by Crippen LogP contribution is -2.40. The molecular formula is C24H25N3O. The SMILES string of the molecule is Cc1ccc2c(oc3ncccc32)c1N1c2ccccc2N(CC(C)C)[C@@H]1C. The van der Waals surface area contributed by atoms with Crippen LogP contribution in [0.2, 0.25) is 0 Å². The van der Waals surface area contributed by atoms with Crippen molar-refractivity contribution in [3.8, 4) is 0 Å². The quantitative estimate of drug-likeness (QED) is 0.426. The molecule has 0 radical (unpaired) electrons. The molecule has 1 aliphatic rings. The minimum Gasteiger partial charge on any atom is -0.435 e. The van der Waals surface area contributed by atoms with Gasteiger partial charge >= 0.3 is 0 Å². The number of aryl methyl sites for hydroxylation is 1. The molecule has 0 saturated heterocycles. The maximum absolute atomic E-state index is 6.29. The molecule has 4 aromatic rings. The van der Waals surface area contributed by atoms with Crippen LogP contribution in [0.5, 0.6) is 0 Å². The number of fused-ring (bicyclic) bond motifs is 4. The van der Waals surface area contributed by atoms with Crippen molar-refractivity contribution >= 4 is 39.1 Å². The van der Waals surface area contributed by atoms with Gasteiger partial charge in [0.25, 0.3) is 0 Å². The van der Waals surface area contributed by atoms with Gasteiger partial charge in [-0.15, -0.1) is 0 Å². The summed E-state index contributed by atoms with van der Waals surface area (Å²) < 4.78 is 6.29. The number of nitrogens with zero attached hydrogens (tertiary/aromatic N) is 3. The number of pyridine rings is 1. The van der Waals surface area contributed by atoms with E-state index >= 15 is 0 Å². The zero-order valence-electron chi connectivity index (χ0n) is 16.8. The number of para-hydroxylation sites is 2. The Kier molecular flexibility index (Phi) is 3.83. The van der Waals surface area contributed by atoms with E-state index in [2.05, 4.69) is 84.9 Å². The molecule has 0 fully saturated rings. The van der Waals surface area contributed by atoms with Gasteiger partial charge in [-0.25, -0.2) is 4.98 Å². The average molecular weight is 371 g/mol. The second-order valence-electron chi connectivity index (χ2n) is 8.10. The molecule has 1 atom stereocenters. The lowest BCUT2D eigenvalue weighted by atomic mass is 10.1. The Labute approximate surface area is 165 Å². The van der Waals surface area contributed by atoms with Crippen molar-refractivity contribution in [3.63, 3.8) is 0 Å². The highest BCUT2D eigenvalue weighted by molar-refractivity contribution is 6.09. The summed E-state index contributed by atoms with van der Waals surface area (Å²) >= 11 is 0. The van der Waals surface area contributed by atoms with Crippen molar-refractivity contribution in [3.05, 3.63) is 60.3 Å². The van der Waals surface area contributed by atoms with Crippen LogP contribution in [-0.4, -0.2) is 17.7 Å². The standard InChI is InChI=1S/C24H25N3O/c1-15(2)14-26-17(4)27(21-10-6-5-9-20(21)26)22-16(3)11-12-18-19-8-7-13-25-24(19)28-23(18)22/h5-13,15,17H,14H2,1-4H3/t17-/m0/s1. The molecule has 1 aliphatic heterocycles. The van der Waals surface area contributed by atoms with E-state index in [4.69, 9.17) is 4.42 Å². The number of hydrogen-bond acceptors (Lipinski definition) is 4. The maximum Gasteiger partial charge on any atom is 0.227 e. The lowest BCUT2D eigenvalue weighted by molar-refractivity contribution is 0.570. The first-order valence-corrected chi connectivity index (χ1v) is 9.98. The highest BCUT2D eigenvalue weighted by Crippen LogP contribution is 2.48. The van der Waals surface area contributed by atoms with Crippen LogP contribution >= 0.6 is 0 Å². The Bertz CT molecular complexity index is 1180. The summed E-state index contributed by atoms with van der Waals surface area (Å²) in [6, 6.07) is 17.1. The molecule has 4 heteroatoms. The van der Waals surface area contributed by atoms with Gasteiger partial charge in [-0.2, -0.15) is 0 Å². The topological polar surface area (TPSA) is 32.5 Å². The number of hydrogen-bond donors (Lipinski definition) is 0. The molecule has 142 valence electrons. The van der Waals surface area contributed by atoms with Crippen molar-refractivity contribution in [1.29, 1.82) is 0 Å². The Balaban J connectivity index is 1.77. The summed E-state index contributed by atoms with van der Waals surface area (Å²) in [6.45, 7) is 10.0. The van der Waals surface area contributed by atoms with Gasteiger partial charge in [-0.3, -0.25) is 0 Å². The van der Waals surface area contributed by atoms with Crippen LogP contribution in [0.15, 0.2) is 59.1 Å². The minimum absolute atomic E-state index is 0.213. The predicted molar refractivity (Wildman–Crippen MR) is 116 cm³/mol. The van der Waals surface area contributed by atoms with Crippen LogP contribution < -0.4 is 9.80 Å². The van der Waals surface area contributed by atoms with E-state index in [-0.39, 0.29) is 6.17 Å². The number of rotatable bonds is 3. The van der Waals surface area contributed by atoms with E-state index in [1.807, 2.05) is 6.07 Å². The lowest BCUT2D eigenvalue weighted by Gasteiger charge is -2.32. The van der Waals surface area contributed by atoms with Crippen molar-refractivity contribution < 1.29 is 4.42 Å². The molecule has 0 aliphatic carbocycles. The van der Waals surface area contributed by atoms with E-state index in [1.54, 1.807) is 6.20 Å². The summed E-state index contributed by atoms with van der Waals surface area (Å²) in [4.78, 5) is 9.37. The van der Waals surface area contributed by atoms with Gasteiger partial charge in [0.2, 0.25) is 5.71 Å². The highest BCUT2D eigenvalue weighted by atomic mass is 16.3. The van der Waals surface area contributed by atoms with Crippen molar-refractivity contribution in [2.45, 2.75) is 33.9 Å². The van der Waals surface area contributed by atoms with Crippen LogP contribution in [0.3, 0.4) is 0 Å². The summed E-state index contributed by atoms with van der Waals surface area (Å²) in [5, 5.41) is 2.19. The van der Waals surface area contributed by atoms with Gasteiger partial charge in [0.15, 0.2) is 5.58 Å². The molecule has 0 saturated carbocycles. The van der Waals surface area contributed by atoms with Crippen LogP contribution in [0, 0.1) is 12.8 Å². The molecule has 5 rings (SSSR count). The number of furan rings is 1. The summed E-state index contributed by atoms with van der Waals surface area (Å²) in [5.74, 6) is 0.586. The molecule has 2 aromatic carbocycles. The summed E-state index contributed by atoms with van der Waals surface area (Å²) in [6.07, 6.45) is 2.00. The summed E-state index contributed by atoms with van der Waals surface area (Å²) in [7, 11) is 0. The van der Waals surface area contributed by atoms with Crippen molar-refractivity contribution in [1.82, 2.24) is 4.98 Å². The molecule has 4 nitrogen and oxygen atoms in total. The first-order valence-electron chi connectivity index (χ1n) is 9.98. The molecule has 3 heterocycles. The van der Waals surface area contributed by atoms with Gasteiger partial charge in [0.05, 0.1) is 17.1 Å². The largest absolute Gasteiger partial charge is 0.435 e. The maximum atomic E-state index is 6.29. The molecule has 2 aromatic heterocycles. The van der Waals surface area contributed by atoms with Gasteiger partial charge in [0.1, 0.15) is 6.17 Å². The molecule has 0 N–H and O–H groups in total. The van der Waals surface area contributed by atoms with E-state index in [9.17, 15) is 0 Å². The molecule has 28 heavy (non-hydrogen) atoms.